The minimum atomic E-state index is -0.498. The van der Waals surface area contributed by atoms with Gasteiger partial charge in [-0.2, -0.15) is 11.8 Å². The van der Waals surface area contributed by atoms with Crippen LogP contribution in [0.25, 0.3) is 0 Å². The third-order valence-electron chi connectivity index (χ3n) is 3.12. The van der Waals surface area contributed by atoms with Crippen LogP contribution in [0, 0.1) is 5.82 Å². The first-order valence-corrected chi connectivity index (χ1v) is 8.69. The van der Waals surface area contributed by atoms with Gasteiger partial charge in [-0.3, -0.25) is 0 Å². The first-order chi connectivity index (χ1) is 11.2. The van der Waals surface area contributed by atoms with Crippen molar-refractivity contribution in [1.82, 2.24) is 4.98 Å². The number of esters is 1. The summed E-state index contributed by atoms with van der Waals surface area (Å²) in [6, 6.07) is 9.42. The molecule has 122 valence electrons. The average Bonchev–Trinajstić information content (AvgIpc) is 2.58. The Balaban J connectivity index is 1.94. The Morgan fingerprint density at radius 2 is 2.09 bits per heavy atom. The quantitative estimate of drug-likeness (QED) is 0.589. The number of hydrogen-bond acceptors (Lipinski definition) is 5. The highest BCUT2D eigenvalue weighted by Crippen LogP contribution is 2.15. The van der Waals surface area contributed by atoms with Gasteiger partial charge in [0.1, 0.15) is 12.4 Å². The largest absolute Gasteiger partial charge is 0.456 e. The zero-order valence-corrected chi connectivity index (χ0v) is 13.7. The molecule has 2 aromatic rings. The molecule has 0 bridgehead atoms. The number of aromatic nitrogens is 1. The molecule has 0 spiro atoms. The number of ether oxygens (including phenoxy) is 1. The van der Waals surface area contributed by atoms with Crippen molar-refractivity contribution in [2.24, 2.45) is 0 Å². The molecule has 6 heteroatoms. The number of hydrogen-bond donors (Lipinski definition) is 1. The van der Waals surface area contributed by atoms with Crippen LogP contribution in [0.4, 0.5) is 10.1 Å². The maximum absolute atomic E-state index is 12.8. The van der Waals surface area contributed by atoms with Gasteiger partial charge in [-0.05, 0) is 48.3 Å². The number of halogens is 1. The van der Waals surface area contributed by atoms with Crippen LogP contribution in [-0.2, 0) is 11.3 Å². The Hall–Kier alpha value is -2.08. The van der Waals surface area contributed by atoms with Gasteiger partial charge in [0.15, 0.2) is 5.69 Å². The van der Waals surface area contributed by atoms with E-state index in [0.29, 0.717) is 5.69 Å². The number of benzene rings is 1. The highest BCUT2D eigenvalue weighted by Gasteiger charge is 2.14. The number of nitrogens with one attached hydrogen (secondary N) is 1. The highest BCUT2D eigenvalue weighted by molar-refractivity contribution is 7.98. The van der Waals surface area contributed by atoms with Crippen LogP contribution in [0.1, 0.15) is 22.5 Å². The van der Waals surface area contributed by atoms with E-state index < -0.39 is 5.97 Å². The van der Waals surface area contributed by atoms with E-state index in [4.69, 9.17) is 4.74 Å². The minimum absolute atomic E-state index is 0.0849. The van der Waals surface area contributed by atoms with Crippen molar-refractivity contribution in [1.29, 1.82) is 0 Å². The van der Waals surface area contributed by atoms with Gasteiger partial charge in [-0.25, -0.2) is 14.2 Å². The molecular weight excluding hydrogens is 315 g/mol. The van der Waals surface area contributed by atoms with Crippen LogP contribution in [0.15, 0.2) is 42.6 Å². The molecule has 4 nitrogen and oxygen atoms in total. The molecule has 0 aliphatic rings. The Morgan fingerprint density at radius 3 is 2.83 bits per heavy atom. The first-order valence-electron chi connectivity index (χ1n) is 7.30. The standard InChI is InChI=1S/C17H19FN2O2S/c1-23-11-3-10-19-15-4-2-9-20-16(15)17(21)22-12-13-5-7-14(18)8-6-13/h2,4-9,19H,3,10-12H2,1H3. The number of rotatable bonds is 8. The van der Waals surface area contributed by atoms with Gasteiger partial charge in [-0.15, -0.1) is 0 Å². The molecule has 23 heavy (non-hydrogen) atoms. The summed E-state index contributed by atoms with van der Waals surface area (Å²) < 4.78 is 18.1. The van der Waals surface area contributed by atoms with Gasteiger partial charge < -0.3 is 10.1 Å². The fourth-order valence-electron chi connectivity index (χ4n) is 1.95. The predicted molar refractivity (Wildman–Crippen MR) is 91.2 cm³/mol. The molecule has 0 aliphatic heterocycles. The van der Waals surface area contributed by atoms with Crippen molar-refractivity contribution in [3.8, 4) is 0 Å². The molecule has 0 radical (unpaired) electrons. The summed E-state index contributed by atoms with van der Waals surface area (Å²) in [7, 11) is 0. The lowest BCUT2D eigenvalue weighted by atomic mass is 10.2. The van der Waals surface area contributed by atoms with Gasteiger partial charge in [-0.1, -0.05) is 12.1 Å². The fourth-order valence-corrected chi connectivity index (χ4v) is 2.38. The average molecular weight is 334 g/mol. The van der Waals surface area contributed by atoms with E-state index in [9.17, 15) is 9.18 Å². The number of nitrogens with zero attached hydrogens (tertiary/aromatic N) is 1. The molecule has 1 N–H and O–H groups in total. The summed E-state index contributed by atoms with van der Waals surface area (Å²) >= 11 is 1.78. The van der Waals surface area contributed by atoms with Gasteiger partial charge in [0, 0.05) is 12.7 Å². The van der Waals surface area contributed by atoms with Crippen LogP contribution < -0.4 is 5.32 Å². The summed E-state index contributed by atoms with van der Waals surface area (Å²) in [5.74, 6) is 0.237. The van der Waals surface area contributed by atoms with E-state index in [2.05, 4.69) is 16.6 Å². The maximum Gasteiger partial charge on any atom is 0.359 e. The third-order valence-corrected chi connectivity index (χ3v) is 3.82. The van der Waals surface area contributed by atoms with Crippen LogP contribution in [-0.4, -0.2) is 29.5 Å². The lowest BCUT2D eigenvalue weighted by Gasteiger charge is -2.10. The van der Waals surface area contributed by atoms with E-state index >= 15 is 0 Å². The number of pyridine rings is 1. The maximum atomic E-state index is 12.8. The fraction of sp³-hybridized carbons (Fsp3) is 0.294. The predicted octanol–water partition coefficient (Wildman–Crippen LogP) is 3.74. The highest BCUT2D eigenvalue weighted by atomic mass is 32.2. The van der Waals surface area contributed by atoms with Crippen molar-refractivity contribution in [3.63, 3.8) is 0 Å². The Kier molecular flexibility index (Phi) is 6.87. The summed E-state index contributed by atoms with van der Waals surface area (Å²) in [6.45, 7) is 0.854. The normalized spacial score (nSPS) is 10.3. The topological polar surface area (TPSA) is 51.2 Å². The lowest BCUT2D eigenvalue weighted by Crippen LogP contribution is -2.13. The second-order valence-electron chi connectivity index (χ2n) is 4.88. The molecule has 1 aromatic carbocycles. The number of anilines is 1. The minimum Gasteiger partial charge on any atom is -0.456 e. The van der Waals surface area contributed by atoms with Crippen molar-refractivity contribution in [2.75, 3.05) is 23.9 Å². The Labute approximate surface area is 139 Å². The van der Waals surface area contributed by atoms with Gasteiger partial charge in [0.05, 0.1) is 5.69 Å². The number of thioether (sulfide) groups is 1. The second kappa shape index (κ2) is 9.15. The van der Waals surface area contributed by atoms with E-state index in [0.717, 1.165) is 24.3 Å². The molecule has 2 rings (SSSR count). The van der Waals surface area contributed by atoms with Crippen LogP contribution in [0.3, 0.4) is 0 Å². The van der Waals surface area contributed by atoms with E-state index in [1.807, 2.05) is 0 Å². The van der Waals surface area contributed by atoms with Crippen LogP contribution >= 0.6 is 11.8 Å². The van der Waals surface area contributed by atoms with Crippen molar-refractivity contribution >= 4 is 23.4 Å². The summed E-state index contributed by atoms with van der Waals surface area (Å²) in [6.07, 6.45) is 4.62. The molecule has 0 aliphatic carbocycles. The SMILES string of the molecule is CSCCCNc1cccnc1C(=O)OCc1ccc(F)cc1. The summed E-state index contributed by atoms with van der Waals surface area (Å²) in [5.41, 5.74) is 1.65. The van der Waals surface area contributed by atoms with E-state index in [1.165, 1.54) is 12.1 Å². The molecular formula is C17H19FN2O2S. The van der Waals surface area contributed by atoms with Gasteiger partial charge in [0.25, 0.3) is 0 Å². The van der Waals surface area contributed by atoms with Crippen LogP contribution in [0.2, 0.25) is 0 Å². The Morgan fingerprint density at radius 1 is 1.30 bits per heavy atom. The van der Waals surface area contributed by atoms with E-state index in [1.54, 1.807) is 42.2 Å². The summed E-state index contributed by atoms with van der Waals surface area (Å²) in [5, 5.41) is 3.21. The second-order valence-corrected chi connectivity index (χ2v) is 5.86. The molecule has 1 heterocycles. The molecule has 0 saturated carbocycles. The summed E-state index contributed by atoms with van der Waals surface area (Å²) in [4.78, 5) is 16.3. The van der Waals surface area contributed by atoms with Crippen molar-refractivity contribution in [3.05, 3.63) is 59.7 Å². The zero-order valence-electron chi connectivity index (χ0n) is 12.9. The smallest absolute Gasteiger partial charge is 0.359 e. The third kappa shape index (κ3) is 5.56. The van der Waals surface area contributed by atoms with Gasteiger partial charge >= 0.3 is 5.97 Å². The molecule has 0 amide bonds. The Bertz CT molecular complexity index is 635. The van der Waals surface area contributed by atoms with Crippen molar-refractivity contribution < 1.29 is 13.9 Å². The zero-order chi connectivity index (χ0) is 16.5. The van der Waals surface area contributed by atoms with Crippen molar-refractivity contribution in [2.45, 2.75) is 13.0 Å². The van der Waals surface area contributed by atoms with Crippen LogP contribution in [0.5, 0.6) is 0 Å². The molecule has 0 atom stereocenters. The molecule has 0 saturated heterocycles. The van der Waals surface area contributed by atoms with E-state index in [-0.39, 0.29) is 18.1 Å². The van der Waals surface area contributed by atoms with Gasteiger partial charge in [0.2, 0.25) is 0 Å². The number of carbonyl (C=O) groups is 1. The molecule has 1 aromatic heterocycles. The lowest BCUT2D eigenvalue weighted by molar-refractivity contribution is 0.0467. The first kappa shape index (κ1) is 17.3. The molecule has 0 fully saturated rings. The molecule has 0 unspecified atom stereocenters. The number of carbonyl (C=O) groups excluding carboxylic acids is 1. The monoisotopic (exact) mass is 334 g/mol.